The first-order valence-corrected chi connectivity index (χ1v) is 6.65. The van der Waals surface area contributed by atoms with Gasteiger partial charge in [-0.1, -0.05) is 25.7 Å². The van der Waals surface area contributed by atoms with E-state index in [9.17, 15) is 0 Å². The summed E-state index contributed by atoms with van der Waals surface area (Å²) >= 11 is 0. The van der Waals surface area contributed by atoms with Crippen LogP contribution in [0.3, 0.4) is 0 Å². The lowest BCUT2D eigenvalue weighted by Gasteiger charge is -2.17. The summed E-state index contributed by atoms with van der Waals surface area (Å²) in [6.45, 7) is 7.22. The van der Waals surface area contributed by atoms with Crippen LogP contribution in [0.4, 0.5) is 0 Å². The zero-order valence-corrected chi connectivity index (χ0v) is 10.4. The van der Waals surface area contributed by atoms with Crippen molar-refractivity contribution in [1.29, 1.82) is 0 Å². The predicted molar refractivity (Wildman–Crippen MR) is 65.1 cm³/mol. The molecule has 2 heteroatoms. The first kappa shape index (κ1) is 13.0. The Morgan fingerprint density at radius 1 is 1.20 bits per heavy atom. The standard InChI is InChI=1S/C13H27NO/c1-3-15-12(2)10-14-11-13-8-6-4-5-7-9-13/h12-14H,3-11H2,1-2H3. The third-order valence-corrected chi connectivity index (χ3v) is 3.29. The maximum Gasteiger partial charge on any atom is 0.0671 e. The van der Waals surface area contributed by atoms with E-state index in [1.165, 1.54) is 45.1 Å². The quantitative estimate of drug-likeness (QED) is 0.685. The summed E-state index contributed by atoms with van der Waals surface area (Å²) in [6, 6.07) is 0. The second-order valence-electron chi connectivity index (χ2n) is 4.78. The number of hydrogen-bond acceptors (Lipinski definition) is 2. The summed E-state index contributed by atoms with van der Waals surface area (Å²) in [7, 11) is 0. The zero-order valence-electron chi connectivity index (χ0n) is 10.4. The van der Waals surface area contributed by atoms with Crippen molar-refractivity contribution in [2.24, 2.45) is 5.92 Å². The molecule has 1 aliphatic carbocycles. The van der Waals surface area contributed by atoms with Gasteiger partial charge in [0.2, 0.25) is 0 Å². The first-order chi connectivity index (χ1) is 7.33. The van der Waals surface area contributed by atoms with Crippen LogP contribution < -0.4 is 5.32 Å². The molecule has 0 bridgehead atoms. The van der Waals surface area contributed by atoms with Gasteiger partial charge in [-0.25, -0.2) is 0 Å². The molecule has 0 amide bonds. The van der Waals surface area contributed by atoms with Crippen LogP contribution in [0.15, 0.2) is 0 Å². The molecule has 1 fully saturated rings. The average molecular weight is 213 g/mol. The van der Waals surface area contributed by atoms with Gasteiger partial charge in [-0.2, -0.15) is 0 Å². The fraction of sp³-hybridized carbons (Fsp3) is 1.00. The molecular weight excluding hydrogens is 186 g/mol. The lowest BCUT2D eigenvalue weighted by Crippen LogP contribution is -2.31. The Bertz CT molecular complexity index is 141. The van der Waals surface area contributed by atoms with Gasteiger partial charge < -0.3 is 10.1 Å². The van der Waals surface area contributed by atoms with Crippen molar-refractivity contribution in [1.82, 2.24) is 5.32 Å². The van der Waals surface area contributed by atoms with Crippen LogP contribution in [0, 0.1) is 5.92 Å². The van der Waals surface area contributed by atoms with Gasteiger partial charge in [0, 0.05) is 13.2 Å². The molecule has 0 aromatic heterocycles. The zero-order chi connectivity index (χ0) is 10.9. The van der Waals surface area contributed by atoms with Gasteiger partial charge in [0.05, 0.1) is 6.10 Å². The maximum atomic E-state index is 5.49. The molecule has 0 radical (unpaired) electrons. The monoisotopic (exact) mass is 213 g/mol. The van der Waals surface area contributed by atoms with E-state index in [1.54, 1.807) is 0 Å². The molecule has 0 aliphatic heterocycles. The van der Waals surface area contributed by atoms with E-state index < -0.39 is 0 Å². The molecule has 90 valence electrons. The third kappa shape index (κ3) is 6.16. The topological polar surface area (TPSA) is 21.3 Å². The maximum absolute atomic E-state index is 5.49. The second-order valence-corrected chi connectivity index (χ2v) is 4.78. The fourth-order valence-corrected chi connectivity index (χ4v) is 2.40. The van der Waals surface area contributed by atoms with Crippen molar-refractivity contribution < 1.29 is 4.74 Å². The summed E-state index contributed by atoms with van der Waals surface area (Å²) in [5.41, 5.74) is 0. The summed E-state index contributed by atoms with van der Waals surface area (Å²) in [5, 5.41) is 3.54. The lowest BCUT2D eigenvalue weighted by atomic mass is 10.0. The van der Waals surface area contributed by atoms with Crippen molar-refractivity contribution in [2.45, 2.75) is 58.5 Å². The van der Waals surface area contributed by atoms with E-state index in [1.807, 2.05) is 0 Å². The molecule has 0 heterocycles. The van der Waals surface area contributed by atoms with Gasteiger partial charge >= 0.3 is 0 Å². The van der Waals surface area contributed by atoms with Crippen molar-refractivity contribution >= 4 is 0 Å². The molecule has 0 spiro atoms. The molecule has 2 nitrogen and oxygen atoms in total. The molecule has 1 atom stereocenters. The second kappa shape index (κ2) is 8.12. The SMILES string of the molecule is CCOC(C)CNCC1CCCCCC1. The Balaban J connectivity index is 2.02. The highest BCUT2D eigenvalue weighted by Gasteiger charge is 2.11. The van der Waals surface area contributed by atoms with Crippen LogP contribution in [0.2, 0.25) is 0 Å². The molecule has 15 heavy (non-hydrogen) atoms. The van der Waals surface area contributed by atoms with Crippen LogP contribution in [-0.4, -0.2) is 25.8 Å². The molecule has 1 saturated carbocycles. The summed E-state index contributed by atoms with van der Waals surface area (Å²) in [5.74, 6) is 0.918. The van der Waals surface area contributed by atoms with Gasteiger partial charge in [0.1, 0.15) is 0 Å². The van der Waals surface area contributed by atoms with Crippen molar-refractivity contribution in [3.05, 3.63) is 0 Å². The van der Waals surface area contributed by atoms with Crippen LogP contribution in [-0.2, 0) is 4.74 Å². The summed E-state index contributed by atoms with van der Waals surface area (Å²) in [4.78, 5) is 0. The van der Waals surface area contributed by atoms with Crippen LogP contribution >= 0.6 is 0 Å². The predicted octanol–water partition coefficient (Wildman–Crippen LogP) is 2.97. The molecule has 0 saturated heterocycles. The number of hydrogen-bond donors (Lipinski definition) is 1. The van der Waals surface area contributed by atoms with Crippen molar-refractivity contribution in [3.63, 3.8) is 0 Å². The van der Waals surface area contributed by atoms with Gasteiger partial charge in [-0.3, -0.25) is 0 Å². The normalized spacial score (nSPS) is 21.2. The fourth-order valence-electron chi connectivity index (χ4n) is 2.40. The van der Waals surface area contributed by atoms with Gasteiger partial charge in [0.15, 0.2) is 0 Å². The highest BCUT2D eigenvalue weighted by Crippen LogP contribution is 2.21. The van der Waals surface area contributed by atoms with Gasteiger partial charge in [-0.05, 0) is 39.2 Å². The average Bonchev–Trinajstić information content (AvgIpc) is 2.47. The molecule has 1 unspecified atom stereocenters. The smallest absolute Gasteiger partial charge is 0.0671 e. The van der Waals surface area contributed by atoms with E-state index >= 15 is 0 Å². The minimum Gasteiger partial charge on any atom is -0.377 e. The minimum absolute atomic E-state index is 0.362. The first-order valence-electron chi connectivity index (χ1n) is 6.65. The molecular formula is C13H27NO. The molecule has 0 aromatic carbocycles. The Hall–Kier alpha value is -0.0800. The van der Waals surface area contributed by atoms with Crippen LogP contribution in [0.5, 0.6) is 0 Å². The Kier molecular flexibility index (Phi) is 7.03. The third-order valence-electron chi connectivity index (χ3n) is 3.29. The van der Waals surface area contributed by atoms with E-state index in [2.05, 4.69) is 19.2 Å². The van der Waals surface area contributed by atoms with E-state index in [4.69, 9.17) is 4.74 Å². The Labute approximate surface area is 94.8 Å². The van der Waals surface area contributed by atoms with Crippen LogP contribution in [0.25, 0.3) is 0 Å². The van der Waals surface area contributed by atoms with Crippen molar-refractivity contribution in [2.75, 3.05) is 19.7 Å². The van der Waals surface area contributed by atoms with Crippen molar-refractivity contribution in [3.8, 4) is 0 Å². The minimum atomic E-state index is 0.362. The summed E-state index contributed by atoms with van der Waals surface area (Å²) in [6.07, 6.45) is 8.99. The molecule has 1 N–H and O–H groups in total. The van der Waals surface area contributed by atoms with E-state index in [0.29, 0.717) is 6.10 Å². The number of rotatable bonds is 6. The lowest BCUT2D eigenvalue weighted by molar-refractivity contribution is 0.0753. The van der Waals surface area contributed by atoms with Gasteiger partial charge in [0.25, 0.3) is 0 Å². The Morgan fingerprint density at radius 2 is 1.87 bits per heavy atom. The highest BCUT2D eigenvalue weighted by atomic mass is 16.5. The highest BCUT2D eigenvalue weighted by molar-refractivity contribution is 4.67. The largest absolute Gasteiger partial charge is 0.377 e. The summed E-state index contributed by atoms with van der Waals surface area (Å²) < 4.78 is 5.49. The molecule has 1 aliphatic rings. The molecule has 1 rings (SSSR count). The molecule has 0 aromatic rings. The van der Waals surface area contributed by atoms with Crippen LogP contribution in [0.1, 0.15) is 52.4 Å². The van der Waals surface area contributed by atoms with E-state index in [-0.39, 0.29) is 0 Å². The van der Waals surface area contributed by atoms with E-state index in [0.717, 1.165) is 19.1 Å². The number of nitrogens with one attached hydrogen (secondary N) is 1. The van der Waals surface area contributed by atoms with Gasteiger partial charge in [-0.15, -0.1) is 0 Å². The number of ether oxygens (including phenoxy) is 1. The Morgan fingerprint density at radius 3 is 2.47 bits per heavy atom.